The SMILES string of the molecule is CC(C)c1nc(Br)cn1C1CCNC1. The van der Waals surface area contributed by atoms with Crippen molar-refractivity contribution in [3.63, 3.8) is 0 Å². The molecule has 1 saturated heterocycles. The third kappa shape index (κ3) is 1.86. The van der Waals surface area contributed by atoms with Crippen LogP contribution in [0.2, 0.25) is 0 Å². The molecule has 1 aliphatic heterocycles. The molecule has 1 N–H and O–H groups in total. The summed E-state index contributed by atoms with van der Waals surface area (Å²) in [5.41, 5.74) is 0. The van der Waals surface area contributed by atoms with E-state index in [1.54, 1.807) is 0 Å². The smallest absolute Gasteiger partial charge is 0.124 e. The fourth-order valence-electron chi connectivity index (χ4n) is 1.97. The quantitative estimate of drug-likeness (QED) is 0.882. The highest BCUT2D eigenvalue weighted by atomic mass is 79.9. The van der Waals surface area contributed by atoms with E-state index in [0.29, 0.717) is 12.0 Å². The molecule has 1 unspecified atom stereocenters. The lowest BCUT2D eigenvalue weighted by Crippen LogP contribution is -2.15. The summed E-state index contributed by atoms with van der Waals surface area (Å²) in [7, 11) is 0. The van der Waals surface area contributed by atoms with Gasteiger partial charge in [0.25, 0.3) is 0 Å². The van der Waals surface area contributed by atoms with Crippen LogP contribution in [0.1, 0.15) is 38.1 Å². The second-order valence-electron chi connectivity index (χ2n) is 4.13. The number of hydrogen-bond acceptors (Lipinski definition) is 2. The molecule has 1 aromatic heterocycles. The van der Waals surface area contributed by atoms with Gasteiger partial charge in [0.1, 0.15) is 10.4 Å². The molecule has 0 saturated carbocycles. The number of imidazole rings is 1. The number of aromatic nitrogens is 2. The van der Waals surface area contributed by atoms with Gasteiger partial charge in [0.05, 0.1) is 0 Å². The van der Waals surface area contributed by atoms with Gasteiger partial charge in [0, 0.05) is 24.7 Å². The van der Waals surface area contributed by atoms with E-state index >= 15 is 0 Å². The van der Waals surface area contributed by atoms with E-state index < -0.39 is 0 Å². The highest BCUT2D eigenvalue weighted by Crippen LogP contribution is 2.24. The van der Waals surface area contributed by atoms with E-state index in [9.17, 15) is 0 Å². The van der Waals surface area contributed by atoms with Crippen LogP contribution in [0.4, 0.5) is 0 Å². The van der Waals surface area contributed by atoms with Crippen LogP contribution in [0.25, 0.3) is 0 Å². The lowest BCUT2D eigenvalue weighted by Gasteiger charge is -2.15. The molecular formula is C10H16BrN3. The third-order valence-electron chi connectivity index (χ3n) is 2.68. The average molecular weight is 258 g/mol. The molecule has 78 valence electrons. The number of nitrogens with one attached hydrogen (secondary N) is 1. The van der Waals surface area contributed by atoms with Gasteiger partial charge in [-0.05, 0) is 28.9 Å². The fourth-order valence-corrected chi connectivity index (χ4v) is 2.38. The van der Waals surface area contributed by atoms with Gasteiger partial charge in [-0.3, -0.25) is 0 Å². The van der Waals surface area contributed by atoms with Gasteiger partial charge in [0.2, 0.25) is 0 Å². The van der Waals surface area contributed by atoms with Gasteiger partial charge >= 0.3 is 0 Å². The molecule has 4 heteroatoms. The van der Waals surface area contributed by atoms with Crippen molar-refractivity contribution in [2.24, 2.45) is 0 Å². The molecule has 0 bridgehead atoms. The molecule has 0 aromatic carbocycles. The monoisotopic (exact) mass is 257 g/mol. The second kappa shape index (κ2) is 4.03. The highest BCUT2D eigenvalue weighted by Gasteiger charge is 2.21. The summed E-state index contributed by atoms with van der Waals surface area (Å²) in [5.74, 6) is 1.67. The third-order valence-corrected chi connectivity index (χ3v) is 3.06. The molecule has 2 rings (SSSR count). The van der Waals surface area contributed by atoms with Crippen LogP contribution >= 0.6 is 15.9 Å². The van der Waals surface area contributed by atoms with Crippen molar-refractivity contribution >= 4 is 15.9 Å². The maximum Gasteiger partial charge on any atom is 0.124 e. The largest absolute Gasteiger partial charge is 0.329 e. The average Bonchev–Trinajstić information content (AvgIpc) is 2.70. The van der Waals surface area contributed by atoms with E-state index in [0.717, 1.165) is 17.7 Å². The van der Waals surface area contributed by atoms with E-state index in [1.165, 1.54) is 12.2 Å². The highest BCUT2D eigenvalue weighted by molar-refractivity contribution is 9.10. The maximum atomic E-state index is 4.51. The van der Waals surface area contributed by atoms with Crippen molar-refractivity contribution in [3.8, 4) is 0 Å². The Morgan fingerprint density at radius 2 is 2.43 bits per heavy atom. The summed E-state index contributed by atoms with van der Waals surface area (Å²) in [5, 5.41) is 3.38. The predicted molar refractivity (Wildman–Crippen MR) is 60.5 cm³/mol. The first-order valence-corrected chi connectivity index (χ1v) is 5.92. The van der Waals surface area contributed by atoms with Crippen molar-refractivity contribution < 1.29 is 0 Å². The zero-order chi connectivity index (χ0) is 10.1. The molecule has 0 radical (unpaired) electrons. The summed E-state index contributed by atoms with van der Waals surface area (Å²) in [6, 6.07) is 0.589. The summed E-state index contributed by atoms with van der Waals surface area (Å²) >= 11 is 3.45. The zero-order valence-corrected chi connectivity index (χ0v) is 10.2. The minimum atomic E-state index is 0.488. The number of nitrogens with zero attached hydrogens (tertiary/aromatic N) is 2. The van der Waals surface area contributed by atoms with Crippen LogP contribution in [0.5, 0.6) is 0 Å². The summed E-state index contributed by atoms with van der Waals surface area (Å²) in [4.78, 5) is 4.51. The molecule has 14 heavy (non-hydrogen) atoms. The lowest BCUT2D eigenvalue weighted by atomic mass is 10.2. The fraction of sp³-hybridized carbons (Fsp3) is 0.700. The minimum absolute atomic E-state index is 0.488. The Hall–Kier alpha value is -0.350. The molecule has 1 aromatic rings. The number of halogens is 1. The predicted octanol–water partition coefficient (Wildman–Crippen LogP) is 2.30. The van der Waals surface area contributed by atoms with Crippen LogP contribution in [0.3, 0.4) is 0 Å². The Kier molecular flexibility index (Phi) is 2.93. The van der Waals surface area contributed by atoms with Crippen LogP contribution < -0.4 is 5.32 Å². The van der Waals surface area contributed by atoms with Gasteiger partial charge in [0.15, 0.2) is 0 Å². The van der Waals surface area contributed by atoms with E-state index in [-0.39, 0.29) is 0 Å². The first kappa shape index (κ1) is 10.2. The molecule has 1 atom stereocenters. The minimum Gasteiger partial charge on any atom is -0.329 e. The van der Waals surface area contributed by atoms with Crippen molar-refractivity contribution in [2.45, 2.75) is 32.2 Å². The second-order valence-corrected chi connectivity index (χ2v) is 4.94. The molecule has 0 aliphatic carbocycles. The molecule has 0 spiro atoms. The van der Waals surface area contributed by atoms with Crippen LogP contribution in [-0.4, -0.2) is 22.6 Å². The Morgan fingerprint density at radius 3 is 3.00 bits per heavy atom. The Labute approximate surface area is 93.0 Å². The van der Waals surface area contributed by atoms with Crippen molar-refractivity contribution in [1.82, 2.24) is 14.9 Å². The van der Waals surface area contributed by atoms with Crippen LogP contribution in [0.15, 0.2) is 10.8 Å². The molecular weight excluding hydrogens is 242 g/mol. The Bertz CT molecular complexity index is 313. The van der Waals surface area contributed by atoms with Gasteiger partial charge in [-0.2, -0.15) is 0 Å². The zero-order valence-electron chi connectivity index (χ0n) is 8.63. The van der Waals surface area contributed by atoms with Gasteiger partial charge in [-0.15, -0.1) is 0 Å². The summed E-state index contributed by atoms with van der Waals surface area (Å²) < 4.78 is 3.27. The van der Waals surface area contributed by atoms with E-state index in [1.807, 2.05) is 0 Å². The van der Waals surface area contributed by atoms with Crippen molar-refractivity contribution in [3.05, 3.63) is 16.6 Å². The maximum absolute atomic E-state index is 4.51. The molecule has 0 amide bonds. The van der Waals surface area contributed by atoms with Crippen LogP contribution in [0, 0.1) is 0 Å². The van der Waals surface area contributed by atoms with Crippen LogP contribution in [-0.2, 0) is 0 Å². The first-order valence-electron chi connectivity index (χ1n) is 5.13. The molecule has 3 nitrogen and oxygen atoms in total. The summed E-state index contributed by atoms with van der Waals surface area (Å²) in [6.07, 6.45) is 3.32. The lowest BCUT2D eigenvalue weighted by molar-refractivity contribution is 0.510. The first-order chi connectivity index (χ1) is 6.68. The van der Waals surface area contributed by atoms with Crippen molar-refractivity contribution in [2.75, 3.05) is 13.1 Å². The molecule has 2 heterocycles. The Morgan fingerprint density at radius 1 is 1.64 bits per heavy atom. The van der Waals surface area contributed by atoms with Crippen molar-refractivity contribution in [1.29, 1.82) is 0 Å². The number of rotatable bonds is 2. The summed E-state index contributed by atoms with van der Waals surface area (Å²) in [6.45, 7) is 6.57. The normalized spacial score (nSPS) is 22.1. The Balaban J connectivity index is 2.30. The van der Waals surface area contributed by atoms with Gasteiger partial charge in [-0.1, -0.05) is 13.8 Å². The van der Waals surface area contributed by atoms with Gasteiger partial charge in [-0.25, -0.2) is 4.98 Å². The number of hydrogen-bond donors (Lipinski definition) is 1. The molecule has 1 aliphatic rings. The molecule has 1 fully saturated rings. The van der Waals surface area contributed by atoms with Gasteiger partial charge < -0.3 is 9.88 Å². The topological polar surface area (TPSA) is 29.9 Å². The van der Waals surface area contributed by atoms with E-state index in [4.69, 9.17) is 0 Å². The van der Waals surface area contributed by atoms with E-state index in [2.05, 4.69) is 50.8 Å². The standard InChI is InChI=1S/C10H16BrN3/c1-7(2)10-13-9(11)6-14(10)8-3-4-12-5-8/h6-8,12H,3-5H2,1-2H3.